The molecule has 1 aromatic heterocycles. The number of esters is 1. The third kappa shape index (κ3) is 3.90. The van der Waals surface area contributed by atoms with Crippen LogP contribution in [0.4, 0.5) is 0 Å². The van der Waals surface area contributed by atoms with Crippen molar-refractivity contribution in [1.82, 2.24) is 4.98 Å². The molecule has 3 rings (SSSR count). The number of H-pyrrole nitrogens is 1. The van der Waals surface area contributed by atoms with E-state index in [1.807, 2.05) is 49.4 Å². The largest absolute Gasteiger partial charge is 0.466 e. The van der Waals surface area contributed by atoms with E-state index in [2.05, 4.69) is 4.98 Å². The second-order valence-electron chi connectivity index (χ2n) is 6.21. The number of hydrogen-bond donors (Lipinski definition) is 1. The number of carbonyl (C=O) groups excluding carboxylic acids is 1. The number of benzene rings is 2. The van der Waals surface area contributed by atoms with Crippen LogP contribution in [0.15, 0.2) is 47.3 Å². The molecule has 0 spiro atoms. The van der Waals surface area contributed by atoms with Crippen LogP contribution < -0.4 is 5.43 Å². The summed E-state index contributed by atoms with van der Waals surface area (Å²) in [5, 5.41) is 1.51. The summed E-state index contributed by atoms with van der Waals surface area (Å²) in [7, 11) is 0. The first kappa shape index (κ1) is 17.2. The number of aryl methyl sites for hydroxylation is 1. The molecule has 1 N–H and O–H groups in total. The van der Waals surface area contributed by atoms with Crippen LogP contribution in [0.2, 0.25) is 0 Å². The first-order chi connectivity index (χ1) is 12.2. The first-order valence-corrected chi connectivity index (χ1v) is 8.89. The van der Waals surface area contributed by atoms with Crippen LogP contribution in [0.5, 0.6) is 0 Å². The number of nitrogens with one attached hydrogen (secondary N) is 1. The molecule has 4 nitrogen and oxygen atoms in total. The van der Waals surface area contributed by atoms with E-state index in [1.165, 1.54) is 0 Å². The molecule has 1 heterocycles. The van der Waals surface area contributed by atoms with E-state index in [9.17, 15) is 9.59 Å². The molecule has 0 fully saturated rings. The predicted octanol–water partition coefficient (Wildman–Crippen LogP) is 4.35. The van der Waals surface area contributed by atoms with Gasteiger partial charge in [0.15, 0.2) is 5.43 Å². The summed E-state index contributed by atoms with van der Waals surface area (Å²) < 4.78 is 4.94. The van der Waals surface area contributed by atoms with Crippen molar-refractivity contribution >= 4 is 27.8 Å². The van der Waals surface area contributed by atoms with Crippen molar-refractivity contribution in [2.24, 2.45) is 0 Å². The minimum Gasteiger partial charge on any atom is -0.466 e. The summed E-state index contributed by atoms with van der Waals surface area (Å²) in [5.41, 5.74) is 2.91. The van der Waals surface area contributed by atoms with Crippen LogP contribution >= 0.6 is 0 Å². The van der Waals surface area contributed by atoms with Crippen LogP contribution in [0.3, 0.4) is 0 Å². The van der Waals surface area contributed by atoms with Crippen LogP contribution in [-0.2, 0) is 16.0 Å². The number of unbranched alkanes of at least 4 members (excludes halogenated alkanes) is 2. The van der Waals surface area contributed by atoms with Crippen molar-refractivity contribution in [2.75, 3.05) is 6.61 Å². The lowest BCUT2D eigenvalue weighted by atomic mass is 10.00. The standard InChI is InChI=1S/C21H23NO3/c1-2-25-19(23)14-5-3-4-9-15-10-8-13-18-20(15)21(24)16-11-6-7-12-17(16)22-18/h6-8,10-13H,2-5,9,14H2,1H3,(H,22,24). The van der Waals surface area contributed by atoms with Crippen molar-refractivity contribution in [3.8, 4) is 0 Å². The van der Waals surface area contributed by atoms with Gasteiger partial charge in [0.1, 0.15) is 0 Å². The molecule has 0 atom stereocenters. The molecule has 25 heavy (non-hydrogen) atoms. The van der Waals surface area contributed by atoms with E-state index in [1.54, 1.807) is 0 Å². The second kappa shape index (κ2) is 7.97. The predicted molar refractivity (Wildman–Crippen MR) is 101 cm³/mol. The van der Waals surface area contributed by atoms with Gasteiger partial charge in [0.2, 0.25) is 0 Å². The summed E-state index contributed by atoms with van der Waals surface area (Å²) in [4.78, 5) is 27.6. The van der Waals surface area contributed by atoms with E-state index >= 15 is 0 Å². The Balaban J connectivity index is 1.75. The fraction of sp³-hybridized carbons (Fsp3) is 0.333. The molecule has 0 radical (unpaired) electrons. The Morgan fingerprint density at radius 3 is 2.64 bits per heavy atom. The number of carbonyl (C=O) groups is 1. The van der Waals surface area contributed by atoms with Crippen LogP contribution in [-0.4, -0.2) is 17.6 Å². The summed E-state index contributed by atoms with van der Waals surface area (Å²) in [6.45, 7) is 2.26. The van der Waals surface area contributed by atoms with Crippen molar-refractivity contribution < 1.29 is 9.53 Å². The van der Waals surface area contributed by atoms with Gasteiger partial charge in [0.05, 0.1) is 12.1 Å². The van der Waals surface area contributed by atoms with Gasteiger partial charge in [-0.05, 0) is 49.9 Å². The summed E-state index contributed by atoms with van der Waals surface area (Å²) in [5.74, 6) is -0.129. The maximum absolute atomic E-state index is 12.9. The maximum atomic E-state index is 12.9. The van der Waals surface area contributed by atoms with Gasteiger partial charge in [-0.25, -0.2) is 0 Å². The van der Waals surface area contributed by atoms with Gasteiger partial charge in [-0.15, -0.1) is 0 Å². The second-order valence-corrected chi connectivity index (χ2v) is 6.21. The Labute approximate surface area is 146 Å². The Morgan fingerprint density at radius 1 is 1.00 bits per heavy atom. The Morgan fingerprint density at radius 2 is 1.80 bits per heavy atom. The van der Waals surface area contributed by atoms with Crippen LogP contribution in [0.25, 0.3) is 21.8 Å². The number of rotatable bonds is 7. The molecule has 0 saturated carbocycles. The van der Waals surface area contributed by atoms with Crippen molar-refractivity contribution in [1.29, 1.82) is 0 Å². The van der Waals surface area contributed by atoms with Gasteiger partial charge in [-0.1, -0.05) is 30.7 Å². The Hall–Kier alpha value is -2.62. The van der Waals surface area contributed by atoms with Gasteiger partial charge in [-0.2, -0.15) is 0 Å². The highest BCUT2D eigenvalue weighted by atomic mass is 16.5. The number of para-hydroxylation sites is 1. The van der Waals surface area contributed by atoms with Gasteiger partial charge in [0.25, 0.3) is 0 Å². The van der Waals surface area contributed by atoms with Gasteiger partial charge >= 0.3 is 5.97 Å². The fourth-order valence-corrected chi connectivity index (χ4v) is 3.25. The maximum Gasteiger partial charge on any atom is 0.305 e. The molecule has 0 aliphatic heterocycles. The van der Waals surface area contributed by atoms with E-state index in [-0.39, 0.29) is 11.4 Å². The highest BCUT2D eigenvalue weighted by Crippen LogP contribution is 2.20. The zero-order chi connectivity index (χ0) is 17.6. The smallest absolute Gasteiger partial charge is 0.305 e. The normalized spacial score (nSPS) is 11.1. The Kier molecular flexibility index (Phi) is 5.49. The lowest BCUT2D eigenvalue weighted by Gasteiger charge is -2.08. The summed E-state index contributed by atoms with van der Waals surface area (Å²) >= 11 is 0. The van der Waals surface area contributed by atoms with E-state index in [0.29, 0.717) is 13.0 Å². The first-order valence-electron chi connectivity index (χ1n) is 8.89. The van der Waals surface area contributed by atoms with E-state index in [4.69, 9.17) is 4.74 Å². The Bertz CT molecular complexity index is 943. The highest BCUT2D eigenvalue weighted by Gasteiger charge is 2.09. The quantitative estimate of drug-likeness (QED) is 0.396. The molecule has 3 aromatic rings. The molecule has 4 heteroatoms. The molecule has 0 saturated heterocycles. The number of hydrogen-bond acceptors (Lipinski definition) is 3. The van der Waals surface area contributed by atoms with Crippen LogP contribution in [0, 0.1) is 0 Å². The molecule has 0 unspecified atom stereocenters. The van der Waals surface area contributed by atoms with Gasteiger partial charge < -0.3 is 9.72 Å². The zero-order valence-corrected chi connectivity index (χ0v) is 14.5. The topological polar surface area (TPSA) is 59.2 Å². The third-order valence-electron chi connectivity index (χ3n) is 4.45. The molecular formula is C21H23NO3. The van der Waals surface area contributed by atoms with Gasteiger partial charge in [0, 0.05) is 22.7 Å². The number of aromatic amines is 1. The molecule has 0 aliphatic carbocycles. The molecule has 0 amide bonds. The monoisotopic (exact) mass is 337 g/mol. The third-order valence-corrected chi connectivity index (χ3v) is 4.45. The highest BCUT2D eigenvalue weighted by molar-refractivity contribution is 5.94. The fourth-order valence-electron chi connectivity index (χ4n) is 3.25. The average molecular weight is 337 g/mol. The summed E-state index contributed by atoms with van der Waals surface area (Å²) in [6.07, 6.45) is 4.02. The zero-order valence-electron chi connectivity index (χ0n) is 14.5. The van der Waals surface area contributed by atoms with Crippen molar-refractivity contribution in [3.63, 3.8) is 0 Å². The molecule has 0 bridgehead atoms. The molecule has 2 aromatic carbocycles. The molecular weight excluding hydrogens is 314 g/mol. The number of ether oxygens (including phenoxy) is 1. The summed E-state index contributed by atoms with van der Waals surface area (Å²) in [6, 6.07) is 13.6. The van der Waals surface area contributed by atoms with Crippen molar-refractivity contribution in [3.05, 3.63) is 58.3 Å². The van der Waals surface area contributed by atoms with E-state index < -0.39 is 0 Å². The molecule has 0 aliphatic rings. The average Bonchev–Trinajstić information content (AvgIpc) is 2.62. The van der Waals surface area contributed by atoms with Crippen molar-refractivity contribution in [2.45, 2.75) is 39.0 Å². The molecule has 130 valence electrons. The number of aromatic nitrogens is 1. The van der Waals surface area contributed by atoms with Gasteiger partial charge in [-0.3, -0.25) is 9.59 Å². The van der Waals surface area contributed by atoms with Crippen LogP contribution in [0.1, 0.15) is 38.2 Å². The minimum atomic E-state index is -0.129. The lowest BCUT2D eigenvalue weighted by Crippen LogP contribution is -2.07. The lowest BCUT2D eigenvalue weighted by molar-refractivity contribution is -0.143. The van der Waals surface area contributed by atoms with E-state index in [0.717, 1.165) is 53.1 Å². The number of pyridine rings is 1. The number of fused-ring (bicyclic) bond motifs is 2. The minimum absolute atomic E-state index is 0.0893. The SMILES string of the molecule is CCOC(=O)CCCCCc1cccc2[nH]c3ccccc3c(=O)c12.